The molecule has 0 bridgehead atoms. The van der Waals surface area contributed by atoms with Crippen LogP contribution in [-0.2, 0) is 0 Å². The summed E-state index contributed by atoms with van der Waals surface area (Å²) in [6, 6.07) is 6.78. The van der Waals surface area contributed by atoms with Crippen molar-refractivity contribution in [2.75, 3.05) is 31.6 Å². The molecule has 1 aromatic rings. The van der Waals surface area contributed by atoms with E-state index >= 15 is 0 Å². The Morgan fingerprint density at radius 3 is 2.95 bits per heavy atom. The summed E-state index contributed by atoms with van der Waals surface area (Å²) in [5.74, 6) is 0.647. The molecule has 0 spiro atoms. The zero-order chi connectivity index (χ0) is 16.2. The van der Waals surface area contributed by atoms with Crippen LogP contribution in [0.15, 0.2) is 36.4 Å². The Morgan fingerprint density at radius 2 is 2.32 bits per heavy atom. The normalized spacial score (nSPS) is 20.8. The molecule has 1 fully saturated rings. The number of β-amino-alcohol motifs (C(OH)–C–C–N with tert-alkyl or cyclic N) is 1. The zero-order valence-electron chi connectivity index (χ0n) is 12.7. The van der Waals surface area contributed by atoms with E-state index in [2.05, 4.69) is 11.9 Å². The summed E-state index contributed by atoms with van der Waals surface area (Å²) < 4.78 is 5.53. The first-order chi connectivity index (χ1) is 10.4. The number of aliphatic hydroxyl groups is 2. The number of aliphatic hydroxyl groups excluding tert-OH is 1. The Bertz CT molecular complexity index is 561. The lowest BCUT2D eigenvalue weighted by atomic mass is 10.1. The van der Waals surface area contributed by atoms with Crippen LogP contribution in [0.25, 0.3) is 0 Å². The Kier molecular flexibility index (Phi) is 5.05. The second-order valence-electron chi connectivity index (χ2n) is 5.76. The van der Waals surface area contributed by atoms with E-state index in [4.69, 9.17) is 9.84 Å². The van der Waals surface area contributed by atoms with Gasteiger partial charge < -0.3 is 25.2 Å². The predicted octanol–water partition coefficient (Wildman–Crippen LogP) is 1.60. The molecular formula is C16H22N2O4. The highest BCUT2D eigenvalue weighted by molar-refractivity contribution is 5.89. The maximum absolute atomic E-state index is 12.2. The van der Waals surface area contributed by atoms with Gasteiger partial charge in [0.05, 0.1) is 13.2 Å². The third-order valence-corrected chi connectivity index (χ3v) is 3.48. The third kappa shape index (κ3) is 4.22. The lowest BCUT2D eigenvalue weighted by molar-refractivity contribution is -0.00246. The molecule has 6 heteroatoms. The van der Waals surface area contributed by atoms with Crippen LogP contribution in [0.5, 0.6) is 5.75 Å². The molecule has 22 heavy (non-hydrogen) atoms. The highest BCUT2D eigenvalue weighted by Gasteiger charge is 2.37. The van der Waals surface area contributed by atoms with Crippen LogP contribution in [0, 0.1) is 0 Å². The fourth-order valence-corrected chi connectivity index (χ4v) is 2.23. The number of urea groups is 1. The van der Waals surface area contributed by atoms with Gasteiger partial charge in [-0.1, -0.05) is 12.6 Å². The molecule has 1 aliphatic heterocycles. The minimum absolute atomic E-state index is 0.126. The first kappa shape index (κ1) is 16.3. The zero-order valence-corrected chi connectivity index (χ0v) is 12.7. The van der Waals surface area contributed by atoms with E-state index in [1.807, 2.05) is 6.92 Å². The van der Waals surface area contributed by atoms with Crippen LogP contribution in [-0.4, -0.2) is 53.0 Å². The molecule has 6 nitrogen and oxygen atoms in total. The Labute approximate surface area is 130 Å². The lowest BCUT2D eigenvalue weighted by Crippen LogP contribution is -2.40. The van der Waals surface area contributed by atoms with Crippen LogP contribution in [0.2, 0.25) is 0 Å². The van der Waals surface area contributed by atoms with Crippen LogP contribution in [0.3, 0.4) is 0 Å². The molecule has 2 amide bonds. The second kappa shape index (κ2) is 6.81. The highest BCUT2D eigenvalue weighted by atomic mass is 16.5. The highest BCUT2D eigenvalue weighted by Crippen LogP contribution is 2.22. The fraction of sp³-hybridized carbons (Fsp3) is 0.438. The van der Waals surface area contributed by atoms with Crippen LogP contribution < -0.4 is 10.1 Å². The van der Waals surface area contributed by atoms with E-state index in [0.29, 0.717) is 31.0 Å². The number of rotatable bonds is 5. The van der Waals surface area contributed by atoms with Crippen molar-refractivity contribution in [2.45, 2.75) is 18.9 Å². The summed E-state index contributed by atoms with van der Waals surface area (Å²) in [4.78, 5) is 13.6. The maximum Gasteiger partial charge on any atom is 0.321 e. The molecule has 1 aliphatic rings. The fourth-order valence-electron chi connectivity index (χ4n) is 2.23. The number of nitrogens with zero attached hydrogens (tertiary/aromatic N) is 1. The Hall–Kier alpha value is -2.05. The summed E-state index contributed by atoms with van der Waals surface area (Å²) in [7, 11) is 0. The number of likely N-dealkylation sites (tertiary alicyclic amines) is 1. The number of amides is 2. The second-order valence-corrected chi connectivity index (χ2v) is 5.76. The standard InChI is InChI=1S/C16H22N2O4/c1-12(2)9-22-14-5-3-4-13(8-14)17-15(20)18-7-6-16(21,10-18)11-19/h3-5,8,19,21H,1,6-7,9-11H2,2H3,(H,17,20). The number of carbonyl (C=O) groups excluding carboxylic acids is 1. The van der Waals surface area contributed by atoms with E-state index in [9.17, 15) is 9.90 Å². The number of nitrogens with one attached hydrogen (secondary N) is 1. The predicted molar refractivity (Wildman–Crippen MR) is 84.0 cm³/mol. The molecular weight excluding hydrogens is 284 g/mol. The molecule has 0 aliphatic carbocycles. The van der Waals surface area contributed by atoms with Crippen molar-refractivity contribution in [1.29, 1.82) is 0 Å². The minimum Gasteiger partial charge on any atom is -0.489 e. The number of carbonyl (C=O) groups is 1. The molecule has 1 atom stereocenters. The van der Waals surface area contributed by atoms with Gasteiger partial charge in [-0.2, -0.15) is 0 Å². The Balaban J connectivity index is 1.94. The van der Waals surface area contributed by atoms with Crippen molar-refractivity contribution in [3.8, 4) is 5.75 Å². The first-order valence-electron chi connectivity index (χ1n) is 7.18. The van der Waals surface area contributed by atoms with Gasteiger partial charge >= 0.3 is 6.03 Å². The molecule has 1 aromatic carbocycles. The monoisotopic (exact) mass is 306 g/mol. The molecule has 0 saturated carbocycles. The number of benzene rings is 1. The smallest absolute Gasteiger partial charge is 0.321 e. The van der Waals surface area contributed by atoms with E-state index in [1.165, 1.54) is 4.90 Å². The summed E-state index contributed by atoms with van der Waals surface area (Å²) in [6.07, 6.45) is 0.374. The van der Waals surface area contributed by atoms with Gasteiger partial charge in [0.25, 0.3) is 0 Å². The molecule has 1 unspecified atom stereocenters. The van der Waals surface area contributed by atoms with Gasteiger partial charge in [-0.05, 0) is 31.1 Å². The summed E-state index contributed by atoms with van der Waals surface area (Å²) in [5, 5.41) is 21.8. The molecule has 1 saturated heterocycles. The Morgan fingerprint density at radius 1 is 1.55 bits per heavy atom. The van der Waals surface area contributed by atoms with Gasteiger partial charge in [0.2, 0.25) is 0 Å². The molecule has 120 valence electrons. The van der Waals surface area contributed by atoms with Crippen LogP contribution in [0.4, 0.5) is 10.5 Å². The van der Waals surface area contributed by atoms with Crippen molar-refractivity contribution in [3.05, 3.63) is 36.4 Å². The molecule has 3 N–H and O–H groups in total. The molecule has 2 rings (SSSR count). The maximum atomic E-state index is 12.2. The van der Waals surface area contributed by atoms with Crippen molar-refractivity contribution >= 4 is 11.7 Å². The van der Waals surface area contributed by atoms with Crippen molar-refractivity contribution in [1.82, 2.24) is 4.90 Å². The quantitative estimate of drug-likeness (QED) is 0.722. The van der Waals surface area contributed by atoms with E-state index < -0.39 is 5.60 Å². The average molecular weight is 306 g/mol. The van der Waals surface area contributed by atoms with Gasteiger partial charge in [-0.3, -0.25) is 0 Å². The van der Waals surface area contributed by atoms with Gasteiger partial charge in [-0.15, -0.1) is 0 Å². The van der Waals surface area contributed by atoms with Crippen LogP contribution >= 0.6 is 0 Å². The van der Waals surface area contributed by atoms with Gasteiger partial charge in [-0.25, -0.2) is 4.79 Å². The third-order valence-electron chi connectivity index (χ3n) is 3.48. The van der Waals surface area contributed by atoms with E-state index in [1.54, 1.807) is 24.3 Å². The largest absolute Gasteiger partial charge is 0.489 e. The lowest BCUT2D eigenvalue weighted by Gasteiger charge is -2.21. The van der Waals surface area contributed by atoms with E-state index in [0.717, 1.165) is 5.57 Å². The summed E-state index contributed by atoms with van der Waals surface area (Å²) in [6.45, 7) is 6.26. The molecule has 1 heterocycles. The SMILES string of the molecule is C=C(C)COc1cccc(NC(=O)N2CCC(O)(CO)C2)c1. The van der Waals surface area contributed by atoms with Crippen molar-refractivity contribution in [3.63, 3.8) is 0 Å². The van der Waals surface area contributed by atoms with Crippen molar-refractivity contribution < 1.29 is 19.7 Å². The van der Waals surface area contributed by atoms with Gasteiger partial charge in [0.15, 0.2) is 0 Å². The molecule has 0 radical (unpaired) electrons. The van der Waals surface area contributed by atoms with E-state index in [-0.39, 0.29) is 19.2 Å². The van der Waals surface area contributed by atoms with Crippen molar-refractivity contribution in [2.24, 2.45) is 0 Å². The summed E-state index contributed by atoms with van der Waals surface area (Å²) in [5.41, 5.74) is 0.336. The molecule has 0 aromatic heterocycles. The minimum atomic E-state index is -1.19. The number of hydrogen-bond acceptors (Lipinski definition) is 4. The average Bonchev–Trinajstić information content (AvgIpc) is 2.89. The van der Waals surface area contributed by atoms with Gasteiger partial charge in [0, 0.05) is 18.3 Å². The summed E-state index contributed by atoms with van der Waals surface area (Å²) >= 11 is 0. The topological polar surface area (TPSA) is 82.0 Å². The van der Waals surface area contributed by atoms with Gasteiger partial charge in [0.1, 0.15) is 18.0 Å². The number of hydrogen-bond donors (Lipinski definition) is 3. The number of ether oxygens (including phenoxy) is 1. The number of anilines is 1. The van der Waals surface area contributed by atoms with Crippen LogP contribution in [0.1, 0.15) is 13.3 Å². The first-order valence-corrected chi connectivity index (χ1v) is 7.18.